The maximum Gasteiger partial charge on any atom is 0.128 e. The Hall–Kier alpha value is -2.07. The minimum Gasteiger partial charge on any atom is -0.485 e. The lowest BCUT2D eigenvalue weighted by Gasteiger charge is -2.28. The Labute approximate surface area is 127 Å². The second-order valence-corrected chi connectivity index (χ2v) is 6.74. The highest BCUT2D eigenvalue weighted by Gasteiger charge is 2.40. The molecule has 4 rings (SSSR count). The third-order valence-corrected chi connectivity index (χ3v) is 4.73. The monoisotopic (exact) mass is 296 g/mol. The fraction of sp³-hybridized carbons (Fsp3) is 0.235. The minimum atomic E-state index is -0.271. The van der Waals surface area contributed by atoms with Crippen molar-refractivity contribution in [3.8, 4) is 5.75 Å². The van der Waals surface area contributed by atoms with Crippen LogP contribution < -0.4 is 10.1 Å². The van der Waals surface area contributed by atoms with Crippen LogP contribution in [0.25, 0.3) is 10.2 Å². The van der Waals surface area contributed by atoms with Gasteiger partial charge < -0.3 is 10.1 Å². The summed E-state index contributed by atoms with van der Waals surface area (Å²) in [4.78, 5) is 4.32. The van der Waals surface area contributed by atoms with Crippen LogP contribution in [0.1, 0.15) is 25.5 Å². The van der Waals surface area contributed by atoms with E-state index >= 15 is 0 Å². The van der Waals surface area contributed by atoms with Crippen molar-refractivity contribution in [3.05, 3.63) is 53.5 Å². The normalized spacial score (nSPS) is 19.2. The van der Waals surface area contributed by atoms with Crippen LogP contribution in [0.5, 0.6) is 5.75 Å². The van der Waals surface area contributed by atoms with Gasteiger partial charge in [-0.15, -0.1) is 11.3 Å². The summed E-state index contributed by atoms with van der Waals surface area (Å²) in [6, 6.07) is 14.7. The number of hydrogen-bond acceptors (Lipinski definition) is 4. The number of ether oxygens (including phenoxy) is 1. The summed E-state index contributed by atoms with van der Waals surface area (Å²) in [5.41, 5.74) is 4.98. The zero-order valence-corrected chi connectivity index (χ0v) is 12.8. The summed E-state index contributed by atoms with van der Waals surface area (Å²) in [6.45, 7) is 4.24. The molecule has 0 aliphatic carbocycles. The highest BCUT2D eigenvalue weighted by molar-refractivity contribution is 7.16. The summed E-state index contributed by atoms with van der Waals surface area (Å²) >= 11 is 1.66. The molecular formula is C17H16N2OS. The Bertz CT molecular complexity index is 809. The number of hydrogen-bond donors (Lipinski definition) is 1. The molecule has 1 aliphatic heterocycles. The lowest BCUT2D eigenvalue weighted by atomic mass is 9.94. The Kier molecular flexibility index (Phi) is 2.69. The van der Waals surface area contributed by atoms with Crippen LogP contribution in [0.3, 0.4) is 0 Å². The summed E-state index contributed by atoms with van der Waals surface area (Å²) in [7, 11) is 0. The summed E-state index contributed by atoms with van der Waals surface area (Å²) in [6.07, 6.45) is 0. The molecule has 106 valence electrons. The number of nitrogens with one attached hydrogen (secondary N) is 1. The number of rotatable bonds is 2. The van der Waals surface area contributed by atoms with Gasteiger partial charge in [0.1, 0.15) is 11.4 Å². The van der Waals surface area contributed by atoms with Gasteiger partial charge in [0.15, 0.2) is 0 Å². The van der Waals surface area contributed by atoms with Crippen LogP contribution in [0.4, 0.5) is 5.69 Å². The predicted molar refractivity (Wildman–Crippen MR) is 87.1 cm³/mol. The fourth-order valence-electron chi connectivity index (χ4n) is 2.89. The van der Waals surface area contributed by atoms with E-state index in [9.17, 15) is 0 Å². The van der Waals surface area contributed by atoms with E-state index in [0.717, 1.165) is 17.0 Å². The molecule has 0 radical (unpaired) electrons. The number of benzene rings is 2. The number of nitrogens with zero attached hydrogens (tertiary/aromatic N) is 1. The van der Waals surface area contributed by atoms with Crippen LogP contribution >= 0.6 is 11.3 Å². The minimum absolute atomic E-state index is 0.138. The quantitative estimate of drug-likeness (QED) is 0.749. The van der Waals surface area contributed by atoms with Crippen LogP contribution in [0, 0.1) is 0 Å². The zero-order chi connectivity index (χ0) is 14.4. The molecule has 2 aromatic carbocycles. The largest absolute Gasteiger partial charge is 0.485 e. The molecule has 0 saturated heterocycles. The van der Waals surface area contributed by atoms with Gasteiger partial charge in [0.25, 0.3) is 0 Å². The zero-order valence-electron chi connectivity index (χ0n) is 12.0. The second kappa shape index (κ2) is 4.46. The molecule has 3 aromatic rings. The molecule has 1 aliphatic rings. The smallest absolute Gasteiger partial charge is 0.128 e. The molecule has 4 heteroatoms. The van der Waals surface area contributed by atoms with E-state index in [1.165, 1.54) is 10.3 Å². The van der Waals surface area contributed by atoms with Crippen molar-refractivity contribution in [1.29, 1.82) is 0 Å². The molecule has 1 unspecified atom stereocenters. The molecule has 0 amide bonds. The Morgan fingerprint density at radius 1 is 1.19 bits per heavy atom. The number of thiazole rings is 1. The number of aromatic nitrogens is 1. The van der Waals surface area contributed by atoms with Gasteiger partial charge >= 0.3 is 0 Å². The van der Waals surface area contributed by atoms with Gasteiger partial charge in [-0.2, -0.15) is 0 Å². The van der Waals surface area contributed by atoms with Crippen molar-refractivity contribution >= 4 is 27.2 Å². The molecule has 1 atom stereocenters. The average molecular weight is 296 g/mol. The van der Waals surface area contributed by atoms with E-state index in [4.69, 9.17) is 4.74 Å². The lowest BCUT2D eigenvalue weighted by Crippen LogP contribution is -2.34. The second-order valence-electron chi connectivity index (χ2n) is 5.86. The van der Waals surface area contributed by atoms with E-state index in [1.807, 2.05) is 17.6 Å². The van der Waals surface area contributed by atoms with E-state index in [-0.39, 0.29) is 11.6 Å². The van der Waals surface area contributed by atoms with Crippen LogP contribution in [-0.4, -0.2) is 10.6 Å². The van der Waals surface area contributed by atoms with Crippen LogP contribution in [0.15, 0.2) is 48.0 Å². The standard InChI is InChI=1S/C17H16N2OS/c1-17(2)16(12-5-3-4-6-14(12)20-17)19-11-7-8-13-15(9-11)21-10-18-13/h3-10,16,19H,1-2H3. The summed E-state index contributed by atoms with van der Waals surface area (Å²) in [5.74, 6) is 0.971. The first-order chi connectivity index (χ1) is 10.1. The van der Waals surface area contributed by atoms with E-state index in [1.54, 1.807) is 11.3 Å². The number of fused-ring (bicyclic) bond motifs is 2. The molecule has 1 aromatic heterocycles. The first-order valence-corrected chi connectivity index (χ1v) is 7.89. The first-order valence-electron chi connectivity index (χ1n) is 7.01. The molecule has 2 heterocycles. The fourth-order valence-corrected chi connectivity index (χ4v) is 3.61. The lowest BCUT2D eigenvalue weighted by molar-refractivity contribution is 0.118. The molecule has 0 fully saturated rings. The van der Waals surface area contributed by atoms with Crippen molar-refractivity contribution in [1.82, 2.24) is 4.98 Å². The SMILES string of the molecule is CC1(C)Oc2ccccc2C1Nc1ccc2ncsc2c1. The van der Waals surface area contributed by atoms with Crippen molar-refractivity contribution in [2.45, 2.75) is 25.5 Å². The van der Waals surface area contributed by atoms with Gasteiger partial charge in [-0.1, -0.05) is 18.2 Å². The molecule has 3 nitrogen and oxygen atoms in total. The Balaban J connectivity index is 1.72. The van der Waals surface area contributed by atoms with Crippen molar-refractivity contribution < 1.29 is 4.74 Å². The molecule has 0 bridgehead atoms. The maximum atomic E-state index is 6.08. The van der Waals surface area contributed by atoms with Gasteiger partial charge in [-0.05, 0) is 38.1 Å². The Morgan fingerprint density at radius 2 is 2.05 bits per heavy atom. The summed E-state index contributed by atoms with van der Waals surface area (Å²) in [5, 5.41) is 3.62. The number of para-hydroxylation sites is 1. The highest BCUT2D eigenvalue weighted by Crippen LogP contribution is 2.44. The van der Waals surface area contributed by atoms with Gasteiger partial charge in [0, 0.05) is 11.3 Å². The molecule has 21 heavy (non-hydrogen) atoms. The molecule has 1 N–H and O–H groups in total. The predicted octanol–water partition coefficient (Wildman–Crippen LogP) is 4.62. The topological polar surface area (TPSA) is 34.1 Å². The molecule has 0 spiro atoms. The van der Waals surface area contributed by atoms with Gasteiger partial charge in [-0.3, -0.25) is 0 Å². The third-order valence-electron chi connectivity index (χ3n) is 3.94. The summed E-state index contributed by atoms with van der Waals surface area (Å²) < 4.78 is 7.28. The average Bonchev–Trinajstić information content (AvgIpc) is 3.01. The first kappa shape index (κ1) is 12.7. The van der Waals surface area contributed by atoms with E-state index in [2.05, 4.69) is 54.5 Å². The van der Waals surface area contributed by atoms with Gasteiger partial charge in [0.2, 0.25) is 0 Å². The van der Waals surface area contributed by atoms with Crippen molar-refractivity contribution in [2.24, 2.45) is 0 Å². The van der Waals surface area contributed by atoms with E-state index < -0.39 is 0 Å². The maximum absolute atomic E-state index is 6.08. The Morgan fingerprint density at radius 3 is 2.95 bits per heavy atom. The van der Waals surface area contributed by atoms with Crippen molar-refractivity contribution in [3.63, 3.8) is 0 Å². The third kappa shape index (κ3) is 2.07. The van der Waals surface area contributed by atoms with E-state index in [0.29, 0.717) is 0 Å². The van der Waals surface area contributed by atoms with Crippen LogP contribution in [0.2, 0.25) is 0 Å². The molecule has 0 saturated carbocycles. The van der Waals surface area contributed by atoms with Gasteiger partial charge in [-0.25, -0.2) is 4.98 Å². The number of anilines is 1. The molecular weight excluding hydrogens is 280 g/mol. The van der Waals surface area contributed by atoms with Crippen LogP contribution in [-0.2, 0) is 0 Å². The van der Waals surface area contributed by atoms with Gasteiger partial charge in [0.05, 0.1) is 21.8 Å². The van der Waals surface area contributed by atoms with Crippen molar-refractivity contribution in [2.75, 3.05) is 5.32 Å². The highest BCUT2D eigenvalue weighted by atomic mass is 32.1.